The molecule has 2 aromatic heterocycles. The van der Waals surface area contributed by atoms with E-state index >= 15 is 0 Å². The molecular weight excluding hydrogens is 374 g/mol. The summed E-state index contributed by atoms with van der Waals surface area (Å²) < 4.78 is 2.01. The molecule has 0 atom stereocenters. The number of carbonyl (C=O) groups is 1. The Hall–Kier alpha value is -4.32. The van der Waals surface area contributed by atoms with Crippen molar-refractivity contribution >= 4 is 22.6 Å². The number of imidazole rings is 1. The Bertz CT molecular complexity index is 1310. The van der Waals surface area contributed by atoms with Gasteiger partial charge in [0.05, 0.1) is 16.6 Å². The molecule has 0 spiro atoms. The van der Waals surface area contributed by atoms with E-state index in [0.29, 0.717) is 17.1 Å². The van der Waals surface area contributed by atoms with Crippen LogP contribution in [0.2, 0.25) is 0 Å². The molecule has 0 aliphatic rings. The normalized spacial score (nSPS) is 10.8. The largest absolute Gasteiger partial charge is 0.322 e. The fourth-order valence-corrected chi connectivity index (χ4v) is 3.26. The number of nitrogens with one attached hydrogen (secondary N) is 1. The molecule has 5 aromatic rings. The van der Waals surface area contributed by atoms with E-state index in [1.54, 1.807) is 6.33 Å². The first-order valence-electron chi connectivity index (χ1n) is 9.49. The van der Waals surface area contributed by atoms with Crippen molar-refractivity contribution in [2.24, 2.45) is 0 Å². The maximum atomic E-state index is 12.5. The third-order valence-corrected chi connectivity index (χ3v) is 4.80. The highest BCUT2D eigenvalue weighted by Crippen LogP contribution is 2.20. The zero-order chi connectivity index (χ0) is 20.3. The summed E-state index contributed by atoms with van der Waals surface area (Å²) in [7, 11) is 0. The molecule has 6 heteroatoms. The van der Waals surface area contributed by atoms with Gasteiger partial charge in [0.1, 0.15) is 6.33 Å². The first-order chi connectivity index (χ1) is 14.8. The number of fused-ring (bicyclic) bond motifs is 1. The molecular formula is C24H17N5O. The van der Waals surface area contributed by atoms with Gasteiger partial charge in [-0.1, -0.05) is 42.5 Å². The monoisotopic (exact) mass is 391 g/mol. The number of anilines is 1. The van der Waals surface area contributed by atoms with E-state index in [0.717, 1.165) is 22.3 Å². The second-order valence-corrected chi connectivity index (χ2v) is 6.77. The zero-order valence-electron chi connectivity index (χ0n) is 15.9. The summed E-state index contributed by atoms with van der Waals surface area (Å²) >= 11 is 0. The molecule has 2 heterocycles. The summed E-state index contributed by atoms with van der Waals surface area (Å²) in [4.78, 5) is 25.6. The van der Waals surface area contributed by atoms with Crippen LogP contribution >= 0.6 is 0 Å². The van der Waals surface area contributed by atoms with Crippen LogP contribution in [-0.2, 0) is 0 Å². The molecule has 0 unspecified atom stereocenters. The molecule has 0 aliphatic heterocycles. The van der Waals surface area contributed by atoms with Crippen molar-refractivity contribution in [3.63, 3.8) is 0 Å². The highest BCUT2D eigenvalue weighted by Gasteiger charge is 2.09. The number of carbonyl (C=O) groups excluding carboxylic acids is 1. The van der Waals surface area contributed by atoms with Gasteiger partial charge in [-0.25, -0.2) is 15.0 Å². The van der Waals surface area contributed by atoms with Crippen molar-refractivity contribution in [1.82, 2.24) is 19.5 Å². The molecule has 0 bridgehead atoms. The first-order valence-corrected chi connectivity index (χ1v) is 9.49. The number of nitrogens with zero attached hydrogens (tertiary/aromatic N) is 4. The SMILES string of the molecule is O=C(Nc1ccc(-n2cnc3ccccc32)cc1)c1cnc(-c2ccccc2)nc1. The second kappa shape index (κ2) is 7.60. The Kier molecular flexibility index (Phi) is 4.50. The van der Waals surface area contributed by atoms with Crippen LogP contribution in [-0.4, -0.2) is 25.4 Å². The van der Waals surface area contributed by atoms with E-state index in [1.807, 2.05) is 83.4 Å². The van der Waals surface area contributed by atoms with Gasteiger partial charge in [0.25, 0.3) is 5.91 Å². The number of para-hydroxylation sites is 2. The molecule has 0 saturated heterocycles. The van der Waals surface area contributed by atoms with Crippen LogP contribution in [0.15, 0.2) is 97.6 Å². The van der Waals surface area contributed by atoms with Gasteiger partial charge in [0.2, 0.25) is 0 Å². The highest BCUT2D eigenvalue weighted by atomic mass is 16.1. The molecule has 6 nitrogen and oxygen atoms in total. The third-order valence-electron chi connectivity index (χ3n) is 4.80. The van der Waals surface area contributed by atoms with E-state index in [4.69, 9.17) is 0 Å². The Morgan fingerprint density at radius 1 is 0.767 bits per heavy atom. The van der Waals surface area contributed by atoms with Gasteiger partial charge in [-0.3, -0.25) is 9.36 Å². The maximum absolute atomic E-state index is 12.5. The topological polar surface area (TPSA) is 72.7 Å². The first kappa shape index (κ1) is 17.8. The van der Waals surface area contributed by atoms with E-state index in [2.05, 4.69) is 20.3 Å². The Morgan fingerprint density at radius 2 is 1.47 bits per heavy atom. The fourth-order valence-electron chi connectivity index (χ4n) is 3.26. The van der Waals surface area contributed by atoms with Gasteiger partial charge in [-0.05, 0) is 36.4 Å². The summed E-state index contributed by atoms with van der Waals surface area (Å²) in [5, 5.41) is 2.88. The van der Waals surface area contributed by atoms with E-state index < -0.39 is 0 Å². The third kappa shape index (κ3) is 3.42. The lowest BCUT2D eigenvalue weighted by Gasteiger charge is -2.08. The molecule has 1 N–H and O–H groups in total. The average molecular weight is 391 g/mol. The predicted molar refractivity (Wildman–Crippen MR) is 116 cm³/mol. The van der Waals surface area contributed by atoms with Gasteiger partial charge in [0, 0.05) is 29.3 Å². The van der Waals surface area contributed by atoms with Crippen LogP contribution in [0.25, 0.3) is 28.1 Å². The number of amides is 1. The minimum Gasteiger partial charge on any atom is -0.322 e. The lowest BCUT2D eigenvalue weighted by Crippen LogP contribution is -2.12. The minimum atomic E-state index is -0.254. The summed E-state index contributed by atoms with van der Waals surface area (Å²) in [6.45, 7) is 0. The minimum absolute atomic E-state index is 0.254. The van der Waals surface area contributed by atoms with Gasteiger partial charge in [0.15, 0.2) is 5.82 Å². The number of rotatable bonds is 4. The number of hydrogen-bond acceptors (Lipinski definition) is 4. The molecule has 0 saturated carbocycles. The van der Waals surface area contributed by atoms with E-state index in [9.17, 15) is 4.79 Å². The van der Waals surface area contributed by atoms with Gasteiger partial charge >= 0.3 is 0 Å². The molecule has 0 aliphatic carbocycles. The van der Waals surface area contributed by atoms with E-state index in [1.165, 1.54) is 12.4 Å². The van der Waals surface area contributed by atoms with Crippen LogP contribution in [0.5, 0.6) is 0 Å². The number of hydrogen-bond donors (Lipinski definition) is 1. The lowest BCUT2D eigenvalue weighted by molar-refractivity contribution is 0.102. The average Bonchev–Trinajstić information content (AvgIpc) is 3.24. The van der Waals surface area contributed by atoms with E-state index in [-0.39, 0.29) is 5.91 Å². The molecule has 30 heavy (non-hydrogen) atoms. The molecule has 0 fully saturated rings. The molecule has 144 valence electrons. The molecule has 1 amide bonds. The van der Waals surface area contributed by atoms with Crippen LogP contribution in [0.1, 0.15) is 10.4 Å². The highest BCUT2D eigenvalue weighted by molar-refractivity contribution is 6.04. The summed E-state index contributed by atoms with van der Waals surface area (Å²) in [6.07, 6.45) is 4.87. The standard InChI is InChI=1S/C24H17N5O/c30-24(18-14-25-23(26-15-18)17-6-2-1-3-7-17)28-19-10-12-20(13-11-19)29-16-27-21-8-4-5-9-22(21)29/h1-16H,(H,28,30). The van der Waals surface area contributed by atoms with Crippen molar-refractivity contribution in [2.45, 2.75) is 0 Å². The molecule has 0 radical (unpaired) electrons. The quantitative estimate of drug-likeness (QED) is 0.480. The van der Waals surface area contributed by atoms with Crippen molar-refractivity contribution in [3.05, 3.63) is 103 Å². The zero-order valence-corrected chi connectivity index (χ0v) is 15.9. The van der Waals surface area contributed by atoms with Gasteiger partial charge in [-0.15, -0.1) is 0 Å². The van der Waals surface area contributed by atoms with Gasteiger partial charge < -0.3 is 5.32 Å². The molecule has 5 rings (SSSR count). The van der Waals surface area contributed by atoms with Crippen molar-refractivity contribution in [1.29, 1.82) is 0 Å². The van der Waals surface area contributed by atoms with Crippen LogP contribution in [0, 0.1) is 0 Å². The Labute approximate surface area is 172 Å². The van der Waals surface area contributed by atoms with Crippen molar-refractivity contribution < 1.29 is 4.79 Å². The molecule has 3 aromatic carbocycles. The summed E-state index contributed by atoms with van der Waals surface area (Å²) in [6, 6.07) is 25.2. The Balaban J connectivity index is 1.32. The summed E-state index contributed by atoms with van der Waals surface area (Å²) in [5.41, 5.74) is 4.95. The summed E-state index contributed by atoms with van der Waals surface area (Å²) in [5.74, 6) is 0.333. The number of benzene rings is 3. The second-order valence-electron chi connectivity index (χ2n) is 6.77. The van der Waals surface area contributed by atoms with Crippen LogP contribution in [0.4, 0.5) is 5.69 Å². The van der Waals surface area contributed by atoms with Crippen LogP contribution < -0.4 is 5.32 Å². The smallest absolute Gasteiger partial charge is 0.258 e. The van der Waals surface area contributed by atoms with Crippen LogP contribution in [0.3, 0.4) is 0 Å². The van der Waals surface area contributed by atoms with Crippen molar-refractivity contribution in [2.75, 3.05) is 5.32 Å². The number of aromatic nitrogens is 4. The lowest BCUT2D eigenvalue weighted by atomic mass is 10.2. The predicted octanol–water partition coefficient (Wildman–Crippen LogP) is 4.73. The Morgan fingerprint density at radius 3 is 2.23 bits per heavy atom. The fraction of sp³-hybridized carbons (Fsp3) is 0. The maximum Gasteiger partial charge on any atom is 0.258 e. The van der Waals surface area contributed by atoms with Gasteiger partial charge in [-0.2, -0.15) is 0 Å². The van der Waals surface area contributed by atoms with Crippen molar-refractivity contribution in [3.8, 4) is 17.1 Å².